The van der Waals surface area contributed by atoms with Crippen LogP contribution >= 0.6 is 0 Å². The second-order valence-corrected chi connectivity index (χ2v) is 6.53. The monoisotopic (exact) mass is 263 g/mol. The van der Waals surface area contributed by atoms with Crippen molar-refractivity contribution in [2.45, 2.75) is 45.4 Å². The van der Waals surface area contributed by atoms with Crippen LogP contribution in [-0.4, -0.2) is 36.3 Å². The summed E-state index contributed by atoms with van der Waals surface area (Å²) in [5.41, 5.74) is 0.958. The highest BCUT2D eigenvalue weighted by atomic mass is 16.5. The molecule has 1 aromatic heterocycles. The van der Waals surface area contributed by atoms with Gasteiger partial charge in [-0.2, -0.15) is 0 Å². The average molecular weight is 263 g/mol. The first kappa shape index (κ1) is 14.3. The highest BCUT2D eigenvalue weighted by Gasteiger charge is 2.38. The molecule has 0 aliphatic carbocycles. The van der Waals surface area contributed by atoms with Crippen molar-refractivity contribution in [3.8, 4) is 0 Å². The molecular weight excluding hydrogens is 238 g/mol. The summed E-state index contributed by atoms with van der Waals surface area (Å²) in [5.74, 6) is 1.04. The van der Waals surface area contributed by atoms with Gasteiger partial charge in [0, 0.05) is 25.8 Å². The van der Waals surface area contributed by atoms with Crippen molar-refractivity contribution in [3.63, 3.8) is 0 Å². The number of anilines is 1. The van der Waals surface area contributed by atoms with Gasteiger partial charge in [-0.25, -0.2) is 4.98 Å². The van der Waals surface area contributed by atoms with E-state index in [-0.39, 0.29) is 11.2 Å². The number of morpholine rings is 1. The Balaban J connectivity index is 2.23. The minimum atomic E-state index is -0.150. The third-order valence-electron chi connectivity index (χ3n) is 3.21. The predicted octanol–water partition coefficient (Wildman–Crippen LogP) is 2.19. The highest BCUT2D eigenvalue weighted by molar-refractivity contribution is 5.42. The van der Waals surface area contributed by atoms with E-state index in [1.165, 1.54) is 5.56 Å². The van der Waals surface area contributed by atoms with Crippen molar-refractivity contribution < 1.29 is 4.74 Å². The standard InChI is InChI=1S/C15H25N3O/c1-14(2)10-18(11-15(3,4)19-14)13-8-12(9-16-5)6-7-17-13/h6-8,16H,9-11H2,1-5H3. The Morgan fingerprint density at radius 2 is 1.89 bits per heavy atom. The molecular formula is C15H25N3O. The lowest BCUT2D eigenvalue weighted by Gasteiger charge is -2.47. The maximum absolute atomic E-state index is 6.11. The van der Waals surface area contributed by atoms with Gasteiger partial charge in [-0.3, -0.25) is 0 Å². The first-order chi connectivity index (χ1) is 8.81. The molecule has 0 amide bonds. The van der Waals surface area contributed by atoms with E-state index >= 15 is 0 Å². The number of hydrogen-bond acceptors (Lipinski definition) is 4. The summed E-state index contributed by atoms with van der Waals surface area (Å²) in [6.45, 7) is 11.2. The fourth-order valence-corrected chi connectivity index (χ4v) is 2.90. The molecule has 0 spiro atoms. The minimum absolute atomic E-state index is 0.150. The summed E-state index contributed by atoms with van der Waals surface area (Å²) in [6, 6.07) is 4.21. The summed E-state index contributed by atoms with van der Waals surface area (Å²) in [4.78, 5) is 6.84. The molecule has 4 nitrogen and oxygen atoms in total. The van der Waals surface area contributed by atoms with Crippen molar-refractivity contribution in [2.75, 3.05) is 25.0 Å². The second-order valence-electron chi connectivity index (χ2n) is 6.53. The van der Waals surface area contributed by atoms with Crippen LogP contribution < -0.4 is 10.2 Å². The molecule has 4 heteroatoms. The number of nitrogens with zero attached hydrogens (tertiary/aromatic N) is 2. The molecule has 1 aromatic rings. The molecule has 1 aliphatic heterocycles. The van der Waals surface area contributed by atoms with Gasteiger partial charge < -0.3 is 15.0 Å². The Kier molecular flexibility index (Phi) is 3.83. The zero-order valence-corrected chi connectivity index (χ0v) is 12.7. The van der Waals surface area contributed by atoms with Gasteiger partial charge in [-0.15, -0.1) is 0 Å². The highest BCUT2D eigenvalue weighted by Crippen LogP contribution is 2.30. The van der Waals surface area contributed by atoms with Crippen molar-refractivity contribution in [2.24, 2.45) is 0 Å². The number of nitrogens with one attached hydrogen (secondary N) is 1. The molecule has 106 valence electrons. The quantitative estimate of drug-likeness (QED) is 0.907. The largest absolute Gasteiger partial charge is 0.366 e. The lowest BCUT2D eigenvalue weighted by molar-refractivity contribution is -0.133. The normalized spacial score (nSPS) is 21.4. The van der Waals surface area contributed by atoms with Gasteiger partial charge in [0.05, 0.1) is 11.2 Å². The van der Waals surface area contributed by atoms with Crippen LogP contribution in [0.1, 0.15) is 33.3 Å². The molecule has 1 saturated heterocycles. The van der Waals surface area contributed by atoms with Crippen molar-refractivity contribution in [1.82, 2.24) is 10.3 Å². The van der Waals surface area contributed by atoms with Gasteiger partial charge in [0.25, 0.3) is 0 Å². The molecule has 2 rings (SSSR count). The van der Waals surface area contributed by atoms with E-state index in [2.05, 4.69) is 55.0 Å². The minimum Gasteiger partial charge on any atom is -0.366 e. The first-order valence-electron chi connectivity index (χ1n) is 6.86. The lowest BCUT2D eigenvalue weighted by Crippen LogP contribution is -2.57. The van der Waals surface area contributed by atoms with Crippen LogP contribution in [0.4, 0.5) is 5.82 Å². The molecule has 1 aliphatic rings. The summed E-state index contributed by atoms with van der Waals surface area (Å²) in [6.07, 6.45) is 1.89. The van der Waals surface area contributed by atoms with E-state index in [1.54, 1.807) is 0 Å². The summed E-state index contributed by atoms with van der Waals surface area (Å²) in [5, 5.41) is 3.18. The summed E-state index contributed by atoms with van der Waals surface area (Å²) >= 11 is 0. The van der Waals surface area contributed by atoms with E-state index in [9.17, 15) is 0 Å². The van der Waals surface area contributed by atoms with Gasteiger partial charge >= 0.3 is 0 Å². The van der Waals surface area contributed by atoms with Crippen LogP contribution in [0.25, 0.3) is 0 Å². The average Bonchev–Trinajstić information content (AvgIpc) is 2.25. The molecule has 0 radical (unpaired) electrons. The zero-order chi connectivity index (χ0) is 14.1. The van der Waals surface area contributed by atoms with Gasteiger partial charge in [-0.05, 0) is 52.4 Å². The molecule has 0 atom stereocenters. The van der Waals surface area contributed by atoms with E-state index in [0.717, 1.165) is 25.5 Å². The summed E-state index contributed by atoms with van der Waals surface area (Å²) < 4.78 is 6.11. The maximum atomic E-state index is 6.11. The topological polar surface area (TPSA) is 37.4 Å². The number of hydrogen-bond donors (Lipinski definition) is 1. The van der Waals surface area contributed by atoms with Crippen LogP contribution in [-0.2, 0) is 11.3 Å². The molecule has 19 heavy (non-hydrogen) atoms. The van der Waals surface area contributed by atoms with Gasteiger partial charge in [0.15, 0.2) is 0 Å². The van der Waals surface area contributed by atoms with E-state index in [0.29, 0.717) is 0 Å². The van der Waals surface area contributed by atoms with Gasteiger partial charge in [-0.1, -0.05) is 0 Å². The molecule has 2 heterocycles. The number of aromatic nitrogens is 1. The Morgan fingerprint density at radius 1 is 1.26 bits per heavy atom. The Morgan fingerprint density at radius 3 is 2.47 bits per heavy atom. The van der Waals surface area contributed by atoms with Crippen molar-refractivity contribution in [1.29, 1.82) is 0 Å². The number of pyridine rings is 1. The van der Waals surface area contributed by atoms with Crippen molar-refractivity contribution in [3.05, 3.63) is 23.9 Å². The van der Waals surface area contributed by atoms with E-state index in [1.807, 2.05) is 13.2 Å². The van der Waals surface area contributed by atoms with E-state index in [4.69, 9.17) is 4.74 Å². The lowest BCUT2D eigenvalue weighted by atomic mass is 9.99. The zero-order valence-electron chi connectivity index (χ0n) is 12.7. The first-order valence-corrected chi connectivity index (χ1v) is 6.86. The van der Waals surface area contributed by atoms with Gasteiger partial charge in [0.2, 0.25) is 0 Å². The molecule has 1 N–H and O–H groups in total. The van der Waals surface area contributed by atoms with Crippen LogP contribution in [0.15, 0.2) is 18.3 Å². The summed E-state index contributed by atoms with van der Waals surface area (Å²) in [7, 11) is 1.96. The maximum Gasteiger partial charge on any atom is 0.128 e. The van der Waals surface area contributed by atoms with Crippen LogP contribution in [0.5, 0.6) is 0 Å². The Hall–Kier alpha value is -1.13. The fraction of sp³-hybridized carbons (Fsp3) is 0.667. The van der Waals surface area contributed by atoms with Gasteiger partial charge in [0.1, 0.15) is 5.82 Å². The van der Waals surface area contributed by atoms with Crippen LogP contribution in [0.2, 0.25) is 0 Å². The second kappa shape index (κ2) is 5.10. The van der Waals surface area contributed by atoms with Crippen LogP contribution in [0.3, 0.4) is 0 Å². The third kappa shape index (κ3) is 3.67. The third-order valence-corrected chi connectivity index (χ3v) is 3.21. The molecule has 1 fully saturated rings. The fourth-order valence-electron chi connectivity index (χ4n) is 2.90. The molecule has 0 aromatic carbocycles. The SMILES string of the molecule is CNCc1ccnc(N2CC(C)(C)OC(C)(C)C2)c1. The predicted molar refractivity (Wildman–Crippen MR) is 78.5 cm³/mol. The van der Waals surface area contributed by atoms with Crippen molar-refractivity contribution >= 4 is 5.82 Å². The van der Waals surface area contributed by atoms with E-state index < -0.39 is 0 Å². The molecule has 0 bridgehead atoms. The molecule has 0 unspecified atom stereocenters. The number of ether oxygens (including phenoxy) is 1. The molecule has 0 saturated carbocycles. The number of rotatable bonds is 3. The Bertz CT molecular complexity index is 427. The van der Waals surface area contributed by atoms with Crippen LogP contribution in [0, 0.1) is 0 Å². The smallest absolute Gasteiger partial charge is 0.128 e. The Labute approximate surface area is 116 Å².